The van der Waals surface area contributed by atoms with Crippen LogP contribution in [0, 0.1) is 6.92 Å². The fraction of sp³-hybridized carbons (Fsp3) is 0.462. The zero-order valence-electron chi connectivity index (χ0n) is 10.9. The van der Waals surface area contributed by atoms with Gasteiger partial charge in [-0.15, -0.1) is 0 Å². The maximum atomic E-state index is 12.1. The minimum absolute atomic E-state index is 0.219. The van der Waals surface area contributed by atoms with E-state index in [-0.39, 0.29) is 12.5 Å². The highest BCUT2D eigenvalue weighted by molar-refractivity contribution is 9.10. The smallest absolute Gasteiger partial charge is 0.256 e. The molecule has 0 aliphatic carbocycles. The lowest BCUT2D eigenvalue weighted by Crippen LogP contribution is -2.39. The summed E-state index contributed by atoms with van der Waals surface area (Å²) in [5.41, 5.74) is 1.57. The van der Waals surface area contributed by atoms with Gasteiger partial charge >= 0.3 is 0 Å². The monoisotopic (exact) mass is 329 g/mol. The largest absolute Gasteiger partial charge is 0.495 e. The van der Waals surface area contributed by atoms with E-state index in [0.717, 1.165) is 10.0 Å². The van der Waals surface area contributed by atoms with Crippen LogP contribution >= 0.6 is 15.9 Å². The molecule has 2 rings (SSSR count). The van der Waals surface area contributed by atoms with Crippen LogP contribution in [0.1, 0.15) is 5.56 Å². The highest BCUT2D eigenvalue weighted by Gasteiger charge is 2.24. The van der Waals surface area contributed by atoms with Crippen molar-refractivity contribution >= 4 is 27.5 Å². The van der Waals surface area contributed by atoms with E-state index in [9.17, 15) is 4.79 Å². The Balaban J connectivity index is 2.15. The molecule has 0 radical (unpaired) electrons. The van der Waals surface area contributed by atoms with Crippen LogP contribution in [-0.2, 0) is 14.3 Å². The van der Waals surface area contributed by atoms with Crippen LogP contribution in [0.15, 0.2) is 16.6 Å². The Bertz CT molecular complexity index is 472. The number of hydrogen-bond donors (Lipinski definition) is 1. The molecule has 5 nitrogen and oxygen atoms in total. The van der Waals surface area contributed by atoms with Crippen LogP contribution in [-0.4, -0.2) is 38.9 Å². The van der Waals surface area contributed by atoms with Crippen molar-refractivity contribution < 1.29 is 19.0 Å². The molecule has 0 unspecified atom stereocenters. The molecule has 0 aromatic heterocycles. The fourth-order valence-electron chi connectivity index (χ4n) is 1.88. The van der Waals surface area contributed by atoms with E-state index in [4.69, 9.17) is 14.2 Å². The molecule has 104 valence electrons. The van der Waals surface area contributed by atoms with E-state index in [0.29, 0.717) is 24.7 Å². The highest BCUT2D eigenvalue weighted by Crippen LogP contribution is 2.32. The first-order valence-corrected chi connectivity index (χ1v) is 6.75. The normalized spacial score (nSPS) is 19.0. The lowest BCUT2D eigenvalue weighted by atomic mass is 10.1. The molecule has 1 aromatic rings. The van der Waals surface area contributed by atoms with Gasteiger partial charge in [-0.05, 0) is 24.6 Å². The lowest BCUT2D eigenvalue weighted by Gasteiger charge is -2.23. The fourth-order valence-corrected chi connectivity index (χ4v) is 2.43. The average Bonchev–Trinajstić information content (AvgIpc) is 2.42. The van der Waals surface area contributed by atoms with Crippen molar-refractivity contribution in [3.8, 4) is 5.75 Å². The van der Waals surface area contributed by atoms with Crippen molar-refractivity contribution in [2.45, 2.75) is 13.0 Å². The van der Waals surface area contributed by atoms with Gasteiger partial charge in [0, 0.05) is 4.47 Å². The molecule has 1 N–H and O–H groups in total. The molecule has 1 saturated heterocycles. The molecule has 1 fully saturated rings. The van der Waals surface area contributed by atoms with Crippen LogP contribution in [0.4, 0.5) is 5.69 Å². The Hall–Kier alpha value is -1.11. The van der Waals surface area contributed by atoms with Gasteiger partial charge in [-0.1, -0.05) is 15.9 Å². The van der Waals surface area contributed by atoms with E-state index in [1.54, 1.807) is 13.2 Å². The first kappa shape index (κ1) is 14.3. The van der Waals surface area contributed by atoms with E-state index in [2.05, 4.69) is 21.2 Å². The maximum absolute atomic E-state index is 12.1. The summed E-state index contributed by atoms with van der Waals surface area (Å²) < 4.78 is 16.8. The van der Waals surface area contributed by atoms with Gasteiger partial charge in [0.15, 0.2) is 6.10 Å². The maximum Gasteiger partial charge on any atom is 0.256 e. The second-order valence-electron chi connectivity index (χ2n) is 4.22. The first-order chi connectivity index (χ1) is 9.11. The number of carbonyl (C=O) groups excluding carboxylic acids is 1. The molecule has 0 saturated carbocycles. The lowest BCUT2D eigenvalue weighted by molar-refractivity contribution is -0.142. The molecule has 0 spiro atoms. The summed E-state index contributed by atoms with van der Waals surface area (Å²) in [6.45, 7) is 3.16. The Morgan fingerprint density at radius 1 is 1.47 bits per heavy atom. The molecule has 1 aromatic carbocycles. The molecule has 19 heavy (non-hydrogen) atoms. The topological polar surface area (TPSA) is 56.8 Å². The summed E-state index contributed by atoms with van der Waals surface area (Å²) in [4.78, 5) is 12.1. The molecule has 1 amide bonds. The van der Waals surface area contributed by atoms with Gasteiger partial charge in [0.25, 0.3) is 5.91 Å². The van der Waals surface area contributed by atoms with E-state index >= 15 is 0 Å². The summed E-state index contributed by atoms with van der Waals surface area (Å²) in [5, 5.41) is 2.84. The number of benzene rings is 1. The van der Waals surface area contributed by atoms with E-state index in [1.165, 1.54) is 0 Å². The summed E-state index contributed by atoms with van der Waals surface area (Å²) in [7, 11) is 1.57. The third-order valence-electron chi connectivity index (χ3n) is 2.84. The van der Waals surface area contributed by atoms with Crippen molar-refractivity contribution in [3.63, 3.8) is 0 Å². The van der Waals surface area contributed by atoms with Crippen molar-refractivity contribution in [2.24, 2.45) is 0 Å². The zero-order valence-corrected chi connectivity index (χ0v) is 12.5. The second kappa shape index (κ2) is 6.36. The Morgan fingerprint density at radius 2 is 2.26 bits per heavy atom. The zero-order chi connectivity index (χ0) is 13.8. The number of ether oxygens (including phenoxy) is 3. The van der Waals surface area contributed by atoms with Gasteiger partial charge < -0.3 is 19.5 Å². The number of halogens is 1. The molecule has 6 heteroatoms. The number of aryl methyl sites for hydroxylation is 1. The summed E-state index contributed by atoms with van der Waals surface area (Å²) in [6.07, 6.45) is -0.568. The standard InChI is InChI=1S/C13H16BrNO4/c1-8-5-9(14)6-10(17-2)12(8)15-13(16)11-7-18-3-4-19-11/h5-6,11H,3-4,7H2,1-2H3,(H,15,16)/t11-/m1/s1. The quantitative estimate of drug-likeness (QED) is 0.922. The SMILES string of the molecule is COc1cc(Br)cc(C)c1NC(=O)[C@H]1COCCO1. The van der Waals surface area contributed by atoms with Gasteiger partial charge in [0.05, 0.1) is 32.6 Å². The first-order valence-electron chi connectivity index (χ1n) is 5.96. The Labute approximate surface area is 120 Å². The number of nitrogens with one attached hydrogen (secondary N) is 1. The number of hydrogen-bond acceptors (Lipinski definition) is 4. The summed E-state index contributed by atoms with van der Waals surface area (Å²) >= 11 is 3.39. The van der Waals surface area contributed by atoms with Crippen LogP contribution in [0.25, 0.3) is 0 Å². The van der Waals surface area contributed by atoms with Gasteiger partial charge in [0.1, 0.15) is 5.75 Å². The minimum Gasteiger partial charge on any atom is -0.495 e. The number of carbonyl (C=O) groups is 1. The van der Waals surface area contributed by atoms with Gasteiger partial charge in [-0.2, -0.15) is 0 Å². The van der Waals surface area contributed by atoms with Crippen LogP contribution in [0.3, 0.4) is 0 Å². The molecular formula is C13H16BrNO4. The van der Waals surface area contributed by atoms with E-state index in [1.807, 2.05) is 13.0 Å². The second-order valence-corrected chi connectivity index (χ2v) is 5.14. The third kappa shape index (κ3) is 3.46. The highest BCUT2D eigenvalue weighted by atomic mass is 79.9. The molecule has 1 aliphatic rings. The minimum atomic E-state index is -0.568. The summed E-state index contributed by atoms with van der Waals surface area (Å²) in [6, 6.07) is 3.72. The molecular weight excluding hydrogens is 314 g/mol. The number of amides is 1. The van der Waals surface area contributed by atoms with Crippen LogP contribution in [0.2, 0.25) is 0 Å². The Kier molecular flexibility index (Phi) is 4.79. The van der Waals surface area contributed by atoms with Crippen LogP contribution in [0.5, 0.6) is 5.75 Å². The Morgan fingerprint density at radius 3 is 2.89 bits per heavy atom. The predicted octanol–water partition coefficient (Wildman–Crippen LogP) is 2.12. The van der Waals surface area contributed by atoms with Crippen molar-refractivity contribution in [1.82, 2.24) is 0 Å². The number of rotatable bonds is 3. The van der Waals surface area contributed by atoms with E-state index < -0.39 is 6.10 Å². The molecule has 1 atom stereocenters. The molecule has 1 aliphatic heterocycles. The van der Waals surface area contributed by atoms with Gasteiger partial charge in [-0.3, -0.25) is 4.79 Å². The molecule has 0 bridgehead atoms. The number of methoxy groups -OCH3 is 1. The van der Waals surface area contributed by atoms with Crippen molar-refractivity contribution in [3.05, 3.63) is 22.2 Å². The summed E-state index contributed by atoms with van der Waals surface area (Å²) in [5.74, 6) is 0.389. The molecule has 1 heterocycles. The third-order valence-corrected chi connectivity index (χ3v) is 3.30. The van der Waals surface area contributed by atoms with Crippen molar-refractivity contribution in [2.75, 3.05) is 32.2 Å². The van der Waals surface area contributed by atoms with Crippen LogP contribution < -0.4 is 10.1 Å². The van der Waals surface area contributed by atoms with Gasteiger partial charge in [-0.25, -0.2) is 0 Å². The predicted molar refractivity (Wildman–Crippen MR) is 74.6 cm³/mol. The average molecular weight is 330 g/mol. The number of anilines is 1. The van der Waals surface area contributed by atoms with Crippen molar-refractivity contribution in [1.29, 1.82) is 0 Å². The van der Waals surface area contributed by atoms with Gasteiger partial charge in [0.2, 0.25) is 0 Å².